The number of hydrogen-bond acceptors (Lipinski definition) is 4. The van der Waals surface area contributed by atoms with Crippen molar-refractivity contribution in [1.82, 2.24) is 10.3 Å². The van der Waals surface area contributed by atoms with E-state index in [0.29, 0.717) is 24.8 Å². The molecule has 0 atom stereocenters. The summed E-state index contributed by atoms with van der Waals surface area (Å²) in [5, 5.41) is 2.82. The summed E-state index contributed by atoms with van der Waals surface area (Å²) in [6.07, 6.45) is 4.81. The summed E-state index contributed by atoms with van der Waals surface area (Å²) in [5.74, 6) is 1.11. The van der Waals surface area contributed by atoms with Gasteiger partial charge in [-0.15, -0.1) is 0 Å². The van der Waals surface area contributed by atoms with Crippen LogP contribution in [0.5, 0.6) is 17.4 Å². The fourth-order valence-electron chi connectivity index (χ4n) is 2.50. The average molecular weight is 392 g/mol. The van der Waals surface area contributed by atoms with Gasteiger partial charge in [0.1, 0.15) is 17.3 Å². The van der Waals surface area contributed by atoms with E-state index in [1.54, 1.807) is 24.4 Å². The van der Waals surface area contributed by atoms with Crippen molar-refractivity contribution >= 4 is 12.0 Å². The van der Waals surface area contributed by atoms with Crippen LogP contribution in [0.15, 0.2) is 72.9 Å². The minimum Gasteiger partial charge on any atom is -0.494 e. The molecule has 0 unspecified atom stereocenters. The van der Waals surface area contributed by atoms with Gasteiger partial charge in [0.2, 0.25) is 11.8 Å². The molecule has 29 heavy (non-hydrogen) atoms. The molecule has 0 fully saturated rings. The molecule has 0 aliphatic rings. The van der Waals surface area contributed by atoms with Crippen LogP contribution in [0.1, 0.15) is 18.1 Å². The van der Waals surface area contributed by atoms with Crippen molar-refractivity contribution < 1.29 is 18.7 Å². The predicted molar refractivity (Wildman–Crippen MR) is 109 cm³/mol. The first-order valence-electron chi connectivity index (χ1n) is 9.19. The van der Waals surface area contributed by atoms with Crippen molar-refractivity contribution in [2.75, 3.05) is 6.61 Å². The molecule has 0 saturated carbocycles. The van der Waals surface area contributed by atoms with E-state index in [1.165, 1.54) is 30.3 Å². The van der Waals surface area contributed by atoms with Gasteiger partial charge in [-0.2, -0.15) is 0 Å². The monoisotopic (exact) mass is 392 g/mol. The second-order valence-corrected chi connectivity index (χ2v) is 6.11. The Bertz CT molecular complexity index is 970. The van der Waals surface area contributed by atoms with E-state index < -0.39 is 0 Å². The second kappa shape index (κ2) is 10.0. The number of nitrogens with one attached hydrogen (secondary N) is 1. The molecule has 0 aliphatic carbocycles. The van der Waals surface area contributed by atoms with E-state index in [-0.39, 0.29) is 11.7 Å². The lowest BCUT2D eigenvalue weighted by Crippen LogP contribution is -2.20. The van der Waals surface area contributed by atoms with Gasteiger partial charge in [0.05, 0.1) is 6.61 Å². The number of nitrogens with zero attached hydrogens (tertiary/aromatic N) is 1. The van der Waals surface area contributed by atoms with Gasteiger partial charge in [-0.3, -0.25) is 4.79 Å². The molecule has 6 heteroatoms. The number of ether oxygens (including phenoxy) is 2. The van der Waals surface area contributed by atoms with Crippen molar-refractivity contribution in [3.63, 3.8) is 0 Å². The highest BCUT2D eigenvalue weighted by Crippen LogP contribution is 2.20. The normalized spacial score (nSPS) is 10.7. The van der Waals surface area contributed by atoms with Crippen LogP contribution in [0.4, 0.5) is 4.39 Å². The van der Waals surface area contributed by atoms with E-state index in [2.05, 4.69) is 10.3 Å². The van der Waals surface area contributed by atoms with Crippen LogP contribution in [0, 0.1) is 5.82 Å². The molecule has 0 saturated heterocycles. The molecule has 3 aromatic rings. The summed E-state index contributed by atoms with van der Waals surface area (Å²) in [6, 6.07) is 16.7. The standard InChI is InChI=1S/C23H21FN2O3/c1-2-28-20-8-3-17(4-9-20)5-12-22(27)26-16-18-13-14-25-23(15-18)29-21-10-6-19(24)7-11-21/h3-15H,2,16H2,1H3,(H,26,27)/b12-5+. The van der Waals surface area contributed by atoms with Crippen LogP contribution in [0.2, 0.25) is 0 Å². The van der Waals surface area contributed by atoms with Gasteiger partial charge in [0.25, 0.3) is 0 Å². The number of amides is 1. The molecule has 148 valence electrons. The molecule has 0 aliphatic heterocycles. The zero-order valence-electron chi connectivity index (χ0n) is 16.0. The zero-order chi connectivity index (χ0) is 20.5. The van der Waals surface area contributed by atoms with Gasteiger partial charge in [0.15, 0.2) is 0 Å². The number of halogens is 1. The van der Waals surface area contributed by atoms with Gasteiger partial charge < -0.3 is 14.8 Å². The molecular weight excluding hydrogens is 371 g/mol. The minimum atomic E-state index is -0.333. The summed E-state index contributed by atoms with van der Waals surface area (Å²) >= 11 is 0. The van der Waals surface area contributed by atoms with Gasteiger partial charge in [-0.05, 0) is 66.6 Å². The van der Waals surface area contributed by atoms with E-state index in [9.17, 15) is 9.18 Å². The molecule has 0 bridgehead atoms. The van der Waals surface area contributed by atoms with Crippen molar-refractivity contribution in [3.05, 3.63) is 89.9 Å². The first-order valence-corrected chi connectivity index (χ1v) is 9.19. The highest BCUT2D eigenvalue weighted by atomic mass is 19.1. The van der Waals surface area contributed by atoms with Crippen LogP contribution in [-0.2, 0) is 11.3 Å². The maximum absolute atomic E-state index is 13.0. The van der Waals surface area contributed by atoms with Gasteiger partial charge in [0, 0.05) is 24.9 Å². The van der Waals surface area contributed by atoms with Crippen molar-refractivity contribution in [2.45, 2.75) is 13.5 Å². The van der Waals surface area contributed by atoms with E-state index in [1.807, 2.05) is 31.2 Å². The van der Waals surface area contributed by atoms with Crippen LogP contribution in [-0.4, -0.2) is 17.5 Å². The lowest BCUT2D eigenvalue weighted by molar-refractivity contribution is -0.116. The maximum Gasteiger partial charge on any atom is 0.244 e. The lowest BCUT2D eigenvalue weighted by atomic mass is 10.2. The maximum atomic E-state index is 13.0. The summed E-state index contributed by atoms with van der Waals surface area (Å²) < 4.78 is 24.0. The van der Waals surface area contributed by atoms with Crippen molar-refractivity contribution in [3.8, 4) is 17.4 Å². The summed E-state index contributed by atoms with van der Waals surface area (Å²) in [6.45, 7) is 2.87. The molecule has 1 aromatic heterocycles. The third kappa shape index (κ3) is 6.46. The Morgan fingerprint density at radius 3 is 2.52 bits per heavy atom. The fourth-order valence-corrected chi connectivity index (χ4v) is 2.50. The first kappa shape index (κ1) is 20.1. The highest BCUT2D eigenvalue weighted by molar-refractivity contribution is 5.91. The Morgan fingerprint density at radius 2 is 1.79 bits per heavy atom. The number of carbonyl (C=O) groups is 1. The third-order valence-electron chi connectivity index (χ3n) is 3.92. The van der Waals surface area contributed by atoms with E-state index in [4.69, 9.17) is 9.47 Å². The highest BCUT2D eigenvalue weighted by Gasteiger charge is 2.03. The summed E-state index contributed by atoms with van der Waals surface area (Å²) in [4.78, 5) is 16.2. The molecular formula is C23H21FN2O3. The second-order valence-electron chi connectivity index (χ2n) is 6.11. The van der Waals surface area contributed by atoms with Gasteiger partial charge in [-0.25, -0.2) is 9.37 Å². The number of carbonyl (C=O) groups excluding carboxylic acids is 1. The summed E-state index contributed by atoms with van der Waals surface area (Å²) in [7, 11) is 0. The van der Waals surface area contributed by atoms with Crippen LogP contribution < -0.4 is 14.8 Å². The molecule has 2 aromatic carbocycles. The number of aromatic nitrogens is 1. The van der Waals surface area contributed by atoms with Crippen molar-refractivity contribution in [1.29, 1.82) is 0 Å². The Kier molecular flexibility index (Phi) is 6.95. The number of hydrogen-bond donors (Lipinski definition) is 1. The minimum absolute atomic E-state index is 0.211. The number of benzene rings is 2. The summed E-state index contributed by atoms with van der Waals surface area (Å²) in [5.41, 5.74) is 1.74. The third-order valence-corrected chi connectivity index (χ3v) is 3.92. The van der Waals surface area contributed by atoms with Crippen molar-refractivity contribution in [2.24, 2.45) is 0 Å². The average Bonchev–Trinajstić information content (AvgIpc) is 2.74. The molecule has 1 N–H and O–H groups in total. The predicted octanol–water partition coefficient (Wildman–Crippen LogP) is 4.74. The Balaban J connectivity index is 1.52. The number of rotatable bonds is 8. The topological polar surface area (TPSA) is 60.5 Å². The quantitative estimate of drug-likeness (QED) is 0.563. The Morgan fingerprint density at radius 1 is 1.07 bits per heavy atom. The van der Waals surface area contributed by atoms with Gasteiger partial charge >= 0.3 is 0 Å². The largest absolute Gasteiger partial charge is 0.494 e. The van der Waals surface area contributed by atoms with E-state index in [0.717, 1.165) is 16.9 Å². The number of pyridine rings is 1. The van der Waals surface area contributed by atoms with Gasteiger partial charge in [-0.1, -0.05) is 12.1 Å². The smallest absolute Gasteiger partial charge is 0.244 e. The molecule has 0 spiro atoms. The molecule has 0 radical (unpaired) electrons. The molecule has 1 heterocycles. The Hall–Kier alpha value is -3.67. The Labute approximate surface area is 168 Å². The van der Waals surface area contributed by atoms with Crippen LogP contribution in [0.25, 0.3) is 6.08 Å². The van der Waals surface area contributed by atoms with Crippen LogP contribution >= 0.6 is 0 Å². The fraction of sp³-hybridized carbons (Fsp3) is 0.130. The SMILES string of the molecule is CCOc1ccc(/C=C/C(=O)NCc2ccnc(Oc3ccc(F)cc3)c2)cc1. The zero-order valence-corrected chi connectivity index (χ0v) is 16.0. The van der Waals surface area contributed by atoms with Crippen LogP contribution in [0.3, 0.4) is 0 Å². The lowest BCUT2D eigenvalue weighted by Gasteiger charge is -2.07. The molecule has 1 amide bonds. The van der Waals surface area contributed by atoms with E-state index >= 15 is 0 Å². The molecule has 5 nitrogen and oxygen atoms in total. The molecule has 3 rings (SSSR count). The first-order chi connectivity index (χ1) is 14.1.